The van der Waals surface area contributed by atoms with Crippen molar-refractivity contribution >= 4 is 27.5 Å². The second kappa shape index (κ2) is 4.37. The van der Waals surface area contributed by atoms with Gasteiger partial charge in [-0.15, -0.1) is 11.6 Å². The number of oxazole rings is 1. The predicted molar refractivity (Wildman–Crippen MR) is 63.9 cm³/mol. The minimum Gasteiger partial charge on any atom is -0.444 e. The molecule has 0 radical (unpaired) electrons. The number of halogens is 2. The van der Waals surface area contributed by atoms with Gasteiger partial charge in [0, 0.05) is 4.47 Å². The molecule has 0 aliphatic heterocycles. The van der Waals surface area contributed by atoms with E-state index in [0.29, 0.717) is 11.8 Å². The highest BCUT2D eigenvalue weighted by atomic mass is 79.9. The second-order valence-corrected chi connectivity index (χ2v) is 4.38. The van der Waals surface area contributed by atoms with Gasteiger partial charge in [-0.2, -0.15) is 0 Å². The zero-order valence-electron chi connectivity index (χ0n) is 8.13. The Bertz CT molecular complexity index is 481. The minimum absolute atomic E-state index is 0.368. The Morgan fingerprint density at radius 1 is 1.47 bits per heavy atom. The summed E-state index contributed by atoms with van der Waals surface area (Å²) in [6, 6.07) is 6.03. The fourth-order valence-corrected chi connectivity index (χ4v) is 1.83. The summed E-state index contributed by atoms with van der Waals surface area (Å²) in [4.78, 5) is 4.27. The summed E-state index contributed by atoms with van der Waals surface area (Å²) >= 11 is 9.13. The molecule has 0 saturated heterocycles. The van der Waals surface area contributed by atoms with Gasteiger partial charge in [0.25, 0.3) is 0 Å². The van der Waals surface area contributed by atoms with Gasteiger partial charge < -0.3 is 4.42 Å². The monoisotopic (exact) mass is 285 g/mol. The molecule has 1 heterocycles. The summed E-state index contributed by atoms with van der Waals surface area (Å²) in [5.74, 6) is 0.966. The third-order valence-corrected chi connectivity index (χ3v) is 3.01. The van der Waals surface area contributed by atoms with Crippen LogP contribution in [0, 0.1) is 6.92 Å². The molecule has 2 aromatic rings. The van der Waals surface area contributed by atoms with E-state index in [-0.39, 0.29) is 0 Å². The van der Waals surface area contributed by atoms with E-state index in [4.69, 9.17) is 16.0 Å². The molecular weight excluding hydrogens is 277 g/mol. The Morgan fingerprint density at radius 3 is 2.93 bits per heavy atom. The second-order valence-electron chi connectivity index (χ2n) is 3.26. The van der Waals surface area contributed by atoms with Gasteiger partial charge in [0.1, 0.15) is 6.26 Å². The Kier molecular flexibility index (Phi) is 3.12. The van der Waals surface area contributed by atoms with Gasteiger partial charge >= 0.3 is 0 Å². The first-order valence-electron chi connectivity index (χ1n) is 4.47. The Morgan fingerprint density at radius 2 is 2.27 bits per heavy atom. The fraction of sp³-hybridized carbons (Fsp3) is 0.182. The van der Waals surface area contributed by atoms with Crippen LogP contribution in [-0.2, 0) is 5.88 Å². The van der Waals surface area contributed by atoms with Crippen molar-refractivity contribution in [2.24, 2.45) is 0 Å². The fourth-order valence-electron chi connectivity index (χ4n) is 1.30. The summed E-state index contributed by atoms with van der Waals surface area (Å²) in [7, 11) is 0. The third kappa shape index (κ3) is 2.24. The van der Waals surface area contributed by atoms with Crippen LogP contribution in [0.4, 0.5) is 0 Å². The summed E-state index contributed by atoms with van der Waals surface area (Å²) < 4.78 is 6.32. The molecule has 0 N–H and O–H groups in total. The minimum atomic E-state index is 0.368. The van der Waals surface area contributed by atoms with Crippen molar-refractivity contribution in [1.29, 1.82) is 0 Å². The lowest BCUT2D eigenvalue weighted by Crippen LogP contribution is -1.83. The lowest BCUT2D eigenvalue weighted by Gasteiger charge is -2.00. The first-order valence-corrected chi connectivity index (χ1v) is 5.80. The van der Waals surface area contributed by atoms with Gasteiger partial charge in [-0.05, 0) is 35.0 Å². The number of benzene rings is 1. The molecule has 1 aromatic heterocycles. The quantitative estimate of drug-likeness (QED) is 0.775. The Balaban J connectivity index is 2.48. The summed E-state index contributed by atoms with van der Waals surface area (Å²) in [6.45, 7) is 2.03. The van der Waals surface area contributed by atoms with Crippen LogP contribution >= 0.6 is 27.5 Å². The SMILES string of the molecule is Cc1ccc(Br)c(-c2nc(CCl)co2)c1. The highest BCUT2D eigenvalue weighted by Gasteiger charge is 2.09. The Labute approximate surface area is 101 Å². The van der Waals surface area contributed by atoms with E-state index < -0.39 is 0 Å². The molecule has 4 heteroatoms. The largest absolute Gasteiger partial charge is 0.444 e. The van der Waals surface area contributed by atoms with Gasteiger partial charge in [-0.1, -0.05) is 11.6 Å². The molecule has 2 nitrogen and oxygen atoms in total. The van der Waals surface area contributed by atoms with Crippen LogP contribution < -0.4 is 0 Å². The molecule has 0 aliphatic rings. The number of alkyl halides is 1. The van der Waals surface area contributed by atoms with Crippen molar-refractivity contribution in [3.8, 4) is 11.5 Å². The van der Waals surface area contributed by atoms with Crippen LogP contribution in [0.5, 0.6) is 0 Å². The molecule has 0 atom stereocenters. The lowest BCUT2D eigenvalue weighted by atomic mass is 10.1. The average Bonchev–Trinajstić information content (AvgIpc) is 2.70. The molecule has 1 aromatic carbocycles. The van der Waals surface area contributed by atoms with Crippen LogP contribution in [0.25, 0.3) is 11.5 Å². The molecule has 0 spiro atoms. The van der Waals surface area contributed by atoms with Crippen LogP contribution in [0.3, 0.4) is 0 Å². The Hall–Kier alpha value is -0.800. The van der Waals surface area contributed by atoms with E-state index in [0.717, 1.165) is 15.7 Å². The van der Waals surface area contributed by atoms with Gasteiger partial charge in [-0.25, -0.2) is 4.98 Å². The third-order valence-electron chi connectivity index (χ3n) is 2.04. The summed E-state index contributed by atoms with van der Waals surface area (Å²) in [5.41, 5.74) is 2.87. The normalized spacial score (nSPS) is 10.6. The lowest BCUT2D eigenvalue weighted by molar-refractivity contribution is 0.573. The average molecular weight is 287 g/mol. The van der Waals surface area contributed by atoms with Crippen molar-refractivity contribution in [2.75, 3.05) is 0 Å². The van der Waals surface area contributed by atoms with Crippen molar-refractivity contribution in [1.82, 2.24) is 4.98 Å². The molecule has 78 valence electrons. The van der Waals surface area contributed by atoms with Crippen molar-refractivity contribution in [3.63, 3.8) is 0 Å². The van der Waals surface area contributed by atoms with E-state index in [9.17, 15) is 0 Å². The van der Waals surface area contributed by atoms with Gasteiger partial charge in [0.05, 0.1) is 17.1 Å². The first-order chi connectivity index (χ1) is 7.20. The van der Waals surface area contributed by atoms with E-state index in [2.05, 4.69) is 20.9 Å². The molecule has 0 bridgehead atoms. The molecule has 0 fully saturated rings. The zero-order chi connectivity index (χ0) is 10.8. The summed E-state index contributed by atoms with van der Waals surface area (Å²) in [6.07, 6.45) is 1.58. The van der Waals surface area contributed by atoms with Crippen LogP contribution in [0.2, 0.25) is 0 Å². The van der Waals surface area contributed by atoms with E-state index >= 15 is 0 Å². The zero-order valence-corrected chi connectivity index (χ0v) is 10.5. The number of hydrogen-bond acceptors (Lipinski definition) is 2. The number of aromatic nitrogens is 1. The molecule has 0 unspecified atom stereocenters. The molecule has 15 heavy (non-hydrogen) atoms. The molecule has 0 amide bonds. The number of aryl methyl sites for hydroxylation is 1. The maximum atomic E-state index is 5.66. The molecule has 0 saturated carbocycles. The van der Waals surface area contributed by atoms with Gasteiger partial charge in [-0.3, -0.25) is 0 Å². The topological polar surface area (TPSA) is 26.0 Å². The maximum absolute atomic E-state index is 5.66. The van der Waals surface area contributed by atoms with Gasteiger partial charge in [0.2, 0.25) is 5.89 Å². The molecular formula is C11H9BrClNO. The standard InChI is InChI=1S/C11H9BrClNO/c1-7-2-3-10(12)9(4-7)11-14-8(5-13)6-15-11/h2-4,6H,5H2,1H3. The smallest absolute Gasteiger partial charge is 0.227 e. The summed E-state index contributed by atoms with van der Waals surface area (Å²) in [5, 5.41) is 0. The van der Waals surface area contributed by atoms with Gasteiger partial charge in [0.15, 0.2) is 0 Å². The number of rotatable bonds is 2. The van der Waals surface area contributed by atoms with Crippen LogP contribution in [0.1, 0.15) is 11.3 Å². The first kappa shape index (κ1) is 10.7. The highest BCUT2D eigenvalue weighted by molar-refractivity contribution is 9.10. The predicted octanol–water partition coefficient (Wildman–Crippen LogP) is 4.15. The van der Waals surface area contributed by atoms with Crippen LogP contribution in [0.15, 0.2) is 33.4 Å². The molecule has 2 rings (SSSR count). The highest BCUT2D eigenvalue weighted by Crippen LogP contribution is 2.28. The van der Waals surface area contributed by atoms with Crippen molar-refractivity contribution in [3.05, 3.63) is 40.2 Å². The van der Waals surface area contributed by atoms with E-state index in [1.807, 2.05) is 25.1 Å². The maximum Gasteiger partial charge on any atom is 0.227 e. The van der Waals surface area contributed by atoms with E-state index in [1.54, 1.807) is 6.26 Å². The van der Waals surface area contributed by atoms with Crippen molar-refractivity contribution < 1.29 is 4.42 Å². The number of hydrogen-bond donors (Lipinski definition) is 0. The molecule has 0 aliphatic carbocycles. The van der Waals surface area contributed by atoms with Crippen molar-refractivity contribution in [2.45, 2.75) is 12.8 Å². The number of nitrogens with zero attached hydrogens (tertiary/aromatic N) is 1. The van der Waals surface area contributed by atoms with Crippen LogP contribution in [-0.4, -0.2) is 4.98 Å². The van der Waals surface area contributed by atoms with E-state index in [1.165, 1.54) is 5.56 Å².